The van der Waals surface area contributed by atoms with Crippen LogP contribution in [-0.2, 0) is 9.53 Å². The Balaban J connectivity index is 2.39. The van der Waals surface area contributed by atoms with Gasteiger partial charge in [-0.2, -0.15) is 0 Å². The zero-order valence-electron chi connectivity index (χ0n) is 11.6. The van der Waals surface area contributed by atoms with E-state index in [0.29, 0.717) is 0 Å². The molecule has 5 nitrogen and oxygen atoms in total. The molecule has 0 saturated carbocycles. The standard InChI is InChI=1S/C14H17NO4S/c1-9(16)15-11(10-7-5-4-6-8-10)20-14(2,3)12(15)19-13(17)18/h4-8,11-12H,1-3H3,(H,17,18)/t11-,12-/m0/s1. The highest BCUT2D eigenvalue weighted by molar-refractivity contribution is 8.01. The van der Waals surface area contributed by atoms with Gasteiger partial charge in [-0.3, -0.25) is 9.69 Å². The van der Waals surface area contributed by atoms with Crippen molar-refractivity contribution in [3.05, 3.63) is 35.9 Å². The molecule has 0 spiro atoms. The SMILES string of the molecule is CC(=O)N1[C@@H](OC(=O)O)C(C)(C)S[C@H]1c1ccccc1. The molecule has 0 aliphatic carbocycles. The summed E-state index contributed by atoms with van der Waals surface area (Å²) in [5.41, 5.74) is 0.956. The van der Waals surface area contributed by atoms with E-state index in [1.54, 1.807) is 0 Å². The highest BCUT2D eigenvalue weighted by atomic mass is 32.2. The second-order valence-electron chi connectivity index (χ2n) is 5.15. The third kappa shape index (κ3) is 2.75. The number of amides is 1. The molecule has 1 aliphatic heterocycles. The summed E-state index contributed by atoms with van der Waals surface area (Å²) in [6, 6.07) is 9.54. The Kier molecular flexibility index (Phi) is 3.94. The van der Waals surface area contributed by atoms with Crippen molar-refractivity contribution in [2.24, 2.45) is 0 Å². The molecule has 1 heterocycles. The molecule has 1 amide bonds. The average Bonchev–Trinajstić information content (AvgIpc) is 2.62. The molecule has 2 atom stereocenters. The predicted octanol–water partition coefficient (Wildman–Crippen LogP) is 3.08. The zero-order chi connectivity index (χ0) is 14.9. The third-order valence-corrected chi connectivity index (χ3v) is 4.71. The van der Waals surface area contributed by atoms with Gasteiger partial charge in [-0.1, -0.05) is 30.3 Å². The normalized spacial score (nSPS) is 24.4. The molecule has 0 bridgehead atoms. The quantitative estimate of drug-likeness (QED) is 0.849. The van der Waals surface area contributed by atoms with Crippen LogP contribution in [0.1, 0.15) is 31.7 Å². The largest absolute Gasteiger partial charge is 0.507 e. The maximum absolute atomic E-state index is 11.9. The number of carboxylic acid groups (broad SMARTS) is 1. The van der Waals surface area contributed by atoms with Crippen molar-refractivity contribution in [3.8, 4) is 0 Å². The number of carbonyl (C=O) groups is 2. The van der Waals surface area contributed by atoms with Gasteiger partial charge < -0.3 is 9.84 Å². The number of thioether (sulfide) groups is 1. The van der Waals surface area contributed by atoms with Gasteiger partial charge in [0.05, 0.1) is 4.75 Å². The van der Waals surface area contributed by atoms with Crippen molar-refractivity contribution in [2.75, 3.05) is 0 Å². The third-order valence-electron chi connectivity index (χ3n) is 3.18. The van der Waals surface area contributed by atoms with Gasteiger partial charge in [-0.25, -0.2) is 4.79 Å². The van der Waals surface area contributed by atoms with E-state index >= 15 is 0 Å². The topological polar surface area (TPSA) is 66.8 Å². The molecule has 2 rings (SSSR count). The molecular formula is C14H17NO4S. The summed E-state index contributed by atoms with van der Waals surface area (Å²) < 4.78 is 4.44. The molecule has 1 saturated heterocycles. The highest BCUT2D eigenvalue weighted by Gasteiger charge is 2.51. The van der Waals surface area contributed by atoms with E-state index in [1.165, 1.54) is 23.6 Å². The lowest BCUT2D eigenvalue weighted by molar-refractivity contribution is -0.141. The van der Waals surface area contributed by atoms with Gasteiger partial charge >= 0.3 is 6.16 Å². The molecule has 1 fully saturated rings. The summed E-state index contributed by atoms with van der Waals surface area (Å²) in [5.74, 6) is -0.205. The predicted molar refractivity (Wildman–Crippen MR) is 76.3 cm³/mol. The fourth-order valence-corrected chi connectivity index (χ4v) is 3.85. The second kappa shape index (κ2) is 5.36. The Morgan fingerprint density at radius 3 is 2.40 bits per heavy atom. The van der Waals surface area contributed by atoms with Crippen LogP contribution in [0.2, 0.25) is 0 Å². The van der Waals surface area contributed by atoms with Crippen LogP contribution in [0.5, 0.6) is 0 Å². The van der Waals surface area contributed by atoms with E-state index in [2.05, 4.69) is 0 Å². The van der Waals surface area contributed by atoms with Gasteiger partial charge in [-0.15, -0.1) is 11.8 Å². The summed E-state index contributed by atoms with van der Waals surface area (Å²) in [6.45, 7) is 5.18. The van der Waals surface area contributed by atoms with Gasteiger partial charge in [0.2, 0.25) is 5.91 Å². The highest BCUT2D eigenvalue weighted by Crippen LogP contribution is 2.52. The summed E-state index contributed by atoms with van der Waals surface area (Å²) >= 11 is 1.52. The van der Waals surface area contributed by atoms with Crippen molar-refractivity contribution in [1.29, 1.82) is 0 Å². The molecule has 0 unspecified atom stereocenters. The Hall–Kier alpha value is -1.69. The minimum atomic E-state index is -1.37. The number of benzene rings is 1. The molecular weight excluding hydrogens is 278 g/mol. The van der Waals surface area contributed by atoms with Crippen molar-refractivity contribution in [1.82, 2.24) is 4.90 Å². The van der Waals surface area contributed by atoms with Crippen molar-refractivity contribution >= 4 is 23.8 Å². The second-order valence-corrected chi connectivity index (χ2v) is 6.88. The number of nitrogens with zero attached hydrogens (tertiary/aromatic N) is 1. The van der Waals surface area contributed by atoms with Crippen LogP contribution >= 0.6 is 11.8 Å². The van der Waals surface area contributed by atoms with Gasteiger partial charge in [0.25, 0.3) is 0 Å². The summed E-state index contributed by atoms with van der Waals surface area (Å²) in [6.07, 6.45) is -2.17. The maximum atomic E-state index is 11.9. The van der Waals surface area contributed by atoms with Gasteiger partial charge in [0.15, 0.2) is 6.23 Å². The van der Waals surface area contributed by atoms with Crippen LogP contribution in [0.25, 0.3) is 0 Å². The first kappa shape index (κ1) is 14.7. The van der Waals surface area contributed by atoms with E-state index < -0.39 is 17.1 Å². The Morgan fingerprint density at radius 1 is 1.30 bits per heavy atom. The molecule has 1 aromatic carbocycles. The molecule has 0 aromatic heterocycles. The van der Waals surface area contributed by atoms with Gasteiger partial charge in [-0.05, 0) is 19.4 Å². The van der Waals surface area contributed by atoms with Crippen molar-refractivity contribution in [2.45, 2.75) is 37.1 Å². The monoisotopic (exact) mass is 295 g/mol. The Bertz CT molecular complexity index is 517. The number of hydrogen-bond acceptors (Lipinski definition) is 4. The van der Waals surface area contributed by atoms with Crippen molar-refractivity contribution < 1.29 is 19.4 Å². The van der Waals surface area contributed by atoms with E-state index in [9.17, 15) is 9.59 Å². The molecule has 0 radical (unpaired) electrons. The zero-order valence-corrected chi connectivity index (χ0v) is 12.4. The van der Waals surface area contributed by atoms with Crippen LogP contribution in [0.3, 0.4) is 0 Å². The van der Waals surface area contributed by atoms with Crippen LogP contribution in [0.4, 0.5) is 4.79 Å². The summed E-state index contributed by atoms with van der Waals surface area (Å²) in [7, 11) is 0. The van der Waals surface area contributed by atoms with Gasteiger partial charge in [0.1, 0.15) is 5.37 Å². The lowest BCUT2D eigenvalue weighted by atomic mass is 10.1. The first-order valence-electron chi connectivity index (χ1n) is 6.24. The summed E-state index contributed by atoms with van der Waals surface area (Å²) in [5, 5.41) is 8.65. The number of rotatable bonds is 2. The Labute approximate surface area is 121 Å². The van der Waals surface area contributed by atoms with Crippen LogP contribution in [0, 0.1) is 0 Å². The molecule has 6 heteroatoms. The number of carbonyl (C=O) groups excluding carboxylic acids is 1. The van der Waals surface area contributed by atoms with E-state index in [0.717, 1.165) is 5.56 Å². The Morgan fingerprint density at radius 2 is 1.90 bits per heavy atom. The fourth-order valence-electron chi connectivity index (χ4n) is 2.33. The van der Waals surface area contributed by atoms with Crippen molar-refractivity contribution in [3.63, 3.8) is 0 Å². The first-order chi connectivity index (χ1) is 9.33. The van der Waals surface area contributed by atoms with E-state index in [4.69, 9.17) is 9.84 Å². The molecule has 1 aliphatic rings. The first-order valence-corrected chi connectivity index (χ1v) is 7.12. The molecule has 108 valence electrons. The lowest BCUT2D eigenvalue weighted by Gasteiger charge is -2.30. The van der Waals surface area contributed by atoms with Crippen LogP contribution in [-0.4, -0.2) is 33.0 Å². The molecule has 1 aromatic rings. The van der Waals surface area contributed by atoms with E-state index in [1.807, 2.05) is 44.2 Å². The number of ether oxygens (including phenoxy) is 1. The molecule has 20 heavy (non-hydrogen) atoms. The van der Waals surface area contributed by atoms with Crippen LogP contribution < -0.4 is 0 Å². The maximum Gasteiger partial charge on any atom is 0.507 e. The lowest BCUT2D eigenvalue weighted by Crippen LogP contribution is -2.46. The van der Waals surface area contributed by atoms with E-state index in [-0.39, 0.29) is 11.3 Å². The smallest absolute Gasteiger partial charge is 0.450 e. The van der Waals surface area contributed by atoms with Gasteiger partial charge in [0, 0.05) is 6.92 Å². The average molecular weight is 295 g/mol. The number of hydrogen-bond donors (Lipinski definition) is 1. The minimum absolute atomic E-state index is 0.205. The molecule has 1 N–H and O–H groups in total. The summed E-state index contributed by atoms with van der Waals surface area (Å²) in [4.78, 5) is 24.3. The van der Waals surface area contributed by atoms with Crippen LogP contribution in [0.15, 0.2) is 30.3 Å². The fraction of sp³-hybridized carbons (Fsp3) is 0.429. The minimum Gasteiger partial charge on any atom is -0.450 e.